The Labute approximate surface area is 204 Å². The molecular formula is C25H32N4O6. The number of hydrogen-bond acceptors (Lipinski definition) is 7. The highest BCUT2D eigenvalue weighted by Crippen LogP contribution is 2.34. The third-order valence-corrected chi connectivity index (χ3v) is 6.12. The van der Waals surface area contributed by atoms with Crippen LogP contribution in [0.5, 0.6) is 17.2 Å². The average molecular weight is 485 g/mol. The zero-order valence-corrected chi connectivity index (χ0v) is 20.4. The topological polar surface area (TPSA) is 110 Å². The summed E-state index contributed by atoms with van der Waals surface area (Å²) in [5.74, 6) is 1.65. The lowest BCUT2D eigenvalue weighted by molar-refractivity contribution is 0.0281. The molecule has 0 aliphatic carbocycles. The van der Waals surface area contributed by atoms with Crippen molar-refractivity contribution < 1.29 is 28.5 Å². The molecule has 2 aliphatic rings. The number of rotatable bonds is 3. The van der Waals surface area contributed by atoms with Gasteiger partial charge in [0.2, 0.25) is 6.79 Å². The summed E-state index contributed by atoms with van der Waals surface area (Å²) in [6, 6.07) is 9.78. The van der Waals surface area contributed by atoms with Crippen LogP contribution in [0.4, 0.5) is 16.2 Å². The second-order valence-corrected chi connectivity index (χ2v) is 8.92. The third kappa shape index (κ3) is 5.95. The van der Waals surface area contributed by atoms with Crippen molar-refractivity contribution >= 4 is 23.3 Å². The Morgan fingerprint density at radius 2 is 1.71 bits per heavy atom. The summed E-state index contributed by atoms with van der Waals surface area (Å²) >= 11 is 0. The molecular weight excluding hydrogens is 452 g/mol. The highest BCUT2D eigenvalue weighted by atomic mass is 16.7. The number of nitrogens with one attached hydrogen (secondary N) is 3. The maximum Gasteiger partial charge on any atom is 0.323 e. The zero-order valence-electron chi connectivity index (χ0n) is 20.4. The van der Waals surface area contributed by atoms with E-state index in [4.69, 9.17) is 18.9 Å². The largest absolute Gasteiger partial charge is 0.491 e. The molecule has 0 saturated heterocycles. The van der Waals surface area contributed by atoms with E-state index in [2.05, 4.69) is 22.9 Å². The van der Waals surface area contributed by atoms with Gasteiger partial charge in [-0.05, 0) is 37.1 Å². The lowest BCUT2D eigenvalue weighted by Gasteiger charge is -2.30. The van der Waals surface area contributed by atoms with Crippen LogP contribution < -0.4 is 30.2 Å². The molecule has 2 heterocycles. The van der Waals surface area contributed by atoms with Crippen LogP contribution in [-0.2, 0) is 4.74 Å². The fraction of sp³-hybridized carbons (Fsp3) is 0.440. The monoisotopic (exact) mass is 484 g/mol. The van der Waals surface area contributed by atoms with E-state index in [-0.39, 0.29) is 30.8 Å². The molecule has 35 heavy (non-hydrogen) atoms. The minimum absolute atomic E-state index is 0.0565. The van der Waals surface area contributed by atoms with Gasteiger partial charge in [-0.15, -0.1) is 0 Å². The number of carbonyl (C=O) groups is 2. The van der Waals surface area contributed by atoms with E-state index in [1.165, 1.54) is 0 Å². The highest BCUT2D eigenvalue weighted by Gasteiger charge is 2.25. The summed E-state index contributed by atoms with van der Waals surface area (Å²) in [5.41, 5.74) is 1.48. The van der Waals surface area contributed by atoms with Crippen LogP contribution in [0.25, 0.3) is 0 Å². The SMILES string of the molecule is CO[C@@H]1CN(C)C(=O)c2ccc(NC(=O)Nc3ccc4c(c3)OCO4)cc2OC[C@H](C)NC[C@H]1C. The molecule has 10 heteroatoms. The van der Waals surface area contributed by atoms with E-state index < -0.39 is 6.03 Å². The number of amides is 3. The number of anilines is 2. The zero-order chi connectivity index (χ0) is 24.9. The first-order valence-electron chi connectivity index (χ1n) is 11.6. The summed E-state index contributed by atoms with van der Waals surface area (Å²) in [4.78, 5) is 27.5. The van der Waals surface area contributed by atoms with Gasteiger partial charge in [-0.25, -0.2) is 4.79 Å². The third-order valence-electron chi connectivity index (χ3n) is 6.12. The first-order chi connectivity index (χ1) is 16.8. The van der Waals surface area contributed by atoms with Gasteiger partial charge in [0.15, 0.2) is 11.5 Å². The van der Waals surface area contributed by atoms with E-state index in [1.807, 2.05) is 6.92 Å². The Morgan fingerprint density at radius 1 is 1.03 bits per heavy atom. The maximum absolute atomic E-state index is 13.2. The minimum atomic E-state index is -0.438. The fourth-order valence-corrected chi connectivity index (χ4v) is 4.00. The molecule has 3 amide bonds. The molecule has 0 unspecified atom stereocenters. The van der Waals surface area contributed by atoms with E-state index in [0.717, 1.165) is 6.54 Å². The summed E-state index contributed by atoms with van der Waals surface area (Å²) in [5, 5.41) is 9.02. The number of methoxy groups -OCH3 is 1. The first-order valence-corrected chi connectivity index (χ1v) is 11.6. The van der Waals surface area contributed by atoms with Crippen LogP contribution in [0.3, 0.4) is 0 Å². The molecule has 188 valence electrons. The molecule has 2 aromatic carbocycles. The minimum Gasteiger partial charge on any atom is -0.491 e. The van der Waals surface area contributed by atoms with Crippen molar-refractivity contribution in [3.63, 3.8) is 0 Å². The molecule has 0 bridgehead atoms. The number of fused-ring (bicyclic) bond motifs is 2. The summed E-state index contributed by atoms with van der Waals surface area (Å²) < 4.78 is 22.3. The predicted molar refractivity (Wildman–Crippen MR) is 132 cm³/mol. The average Bonchev–Trinajstić information content (AvgIpc) is 3.31. The van der Waals surface area contributed by atoms with Gasteiger partial charge in [0.25, 0.3) is 5.91 Å². The second-order valence-electron chi connectivity index (χ2n) is 8.92. The molecule has 2 aliphatic heterocycles. The Morgan fingerprint density at radius 3 is 2.46 bits per heavy atom. The van der Waals surface area contributed by atoms with Gasteiger partial charge in [0, 0.05) is 56.8 Å². The molecule has 0 radical (unpaired) electrons. The van der Waals surface area contributed by atoms with Gasteiger partial charge in [0.1, 0.15) is 12.4 Å². The normalized spacial score (nSPS) is 22.3. The molecule has 0 aromatic heterocycles. The number of nitrogens with zero attached hydrogens (tertiary/aromatic N) is 1. The van der Waals surface area contributed by atoms with Crippen LogP contribution in [-0.4, -0.2) is 69.6 Å². The second kappa shape index (κ2) is 10.8. The van der Waals surface area contributed by atoms with Crippen molar-refractivity contribution in [2.24, 2.45) is 5.92 Å². The van der Waals surface area contributed by atoms with Crippen LogP contribution in [0.2, 0.25) is 0 Å². The Balaban J connectivity index is 1.50. The van der Waals surface area contributed by atoms with Crippen molar-refractivity contribution in [1.29, 1.82) is 0 Å². The number of likely N-dealkylation sites (N-methyl/N-ethyl adjacent to an activating group) is 1. The number of urea groups is 1. The van der Waals surface area contributed by atoms with Gasteiger partial charge in [0.05, 0.1) is 11.7 Å². The standard InChI is InChI=1S/C25H32N4O6/c1-15-11-26-16(2)13-33-21-9-17(5-7-19(21)24(30)29(3)12-23(15)32-4)27-25(31)28-18-6-8-20-22(10-18)35-14-34-20/h5-10,15-16,23,26H,11-14H2,1-4H3,(H2,27,28,31)/t15-,16+,23-/m1/s1. The highest BCUT2D eigenvalue weighted by molar-refractivity contribution is 6.01. The van der Waals surface area contributed by atoms with Gasteiger partial charge in [-0.2, -0.15) is 0 Å². The Bertz CT molecular complexity index is 1080. The molecule has 0 saturated carbocycles. The first kappa shape index (κ1) is 24.6. The molecule has 0 fully saturated rings. The molecule has 2 aromatic rings. The van der Waals surface area contributed by atoms with Gasteiger partial charge >= 0.3 is 6.03 Å². The van der Waals surface area contributed by atoms with Crippen LogP contribution >= 0.6 is 0 Å². The molecule has 3 atom stereocenters. The van der Waals surface area contributed by atoms with Crippen LogP contribution in [0, 0.1) is 5.92 Å². The lowest BCUT2D eigenvalue weighted by Crippen LogP contribution is -2.44. The lowest BCUT2D eigenvalue weighted by atomic mass is 10.0. The Hall–Kier alpha value is -3.50. The van der Waals surface area contributed by atoms with E-state index >= 15 is 0 Å². The number of benzene rings is 2. The number of ether oxygens (including phenoxy) is 4. The van der Waals surface area contributed by atoms with Crippen molar-refractivity contribution in [3.05, 3.63) is 42.0 Å². The quantitative estimate of drug-likeness (QED) is 0.614. The molecule has 4 rings (SSSR count). The van der Waals surface area contributed by atoms with Gasteiger partial charge in [-0.1, -0.05) is 6.92 Å². The van der Waals surface area contributed by atoms with E-state index in [0.29, 0.717) is 47.3 Å². The molecule has 3 N–H and O–H groups in total. The predicted octanol–water partition coefficient (Wildman–Crippen LogP) is 3.15. The number of carbonyl (C=O) groups excluding carboxylic acids is 2. The number of hydrogen-bond donors (Lipinski definition) is 3. The summed E-state index contributed by atoms with van der Waals surface area (Å²) in [6.07, 6.45) is -0.103. The van der Waals surface area contributed by atoms with E-state index in [9.17, 15) is 9.59 Å². The van der Waals surface area contributed by atoms with Gasteiger partial charge in [-0.3, -0.25) is 4.79 Å². The smallest absolute Gasteiger partial charge is 0.323 e. The van der Waals surface area contributed by atoms with Crippen molar-refractivity contribution in [1.82, 2.24) is 10.2 Å². The van der Waals surface area contributed by atoms with Crippen LogP contribution in [0.15, 0.2) is 36.4 Å². The van der Waals surface area contributed by atoms with Crippen LogP contribution in [0.1, 0.15) is 24.2 Å². The van der Waals surface area contributed by atoms with Crippen molar-refractivity contribution in [2.45, 2.75) is 26.0 Å². The van der Waals surface area contributed by atoms with Gasteiger partial charge < -0.3 is 39.8 Å². The van der Waals surface area contributed by atoms with Crippen molar-refractivity contribution in [2.75, 3.05) is 51.3 Å². The Kier molecular flexibility index (Phi) is 7.62. The summed E-state index contributed by atoms with van der Waals surface area (Å²) in [6.45, 7) is 5.83. The maximum atomic E-state index is 13.2. The summed E-state index contributed by atoms with van der Waals surface area (Å²) in [7, 11) is 3.41. The molecule has 10 nitrogen and oxygen atoms in total. The fourth-order valence-electron chi connectivity index (χ4n) is 4.00. The van der Waals surface area contributed by atoms with E-state index in [1.54, 1.807) is 55.5 Å². The van der Waals surface area contributed by atoms with Crippen molar-refractivity contribution in [3.8, 4) is 17.2 Å². The molecule has 0 spiro atoms.